The monoisotopic (exact) mass is 402 g/mol. The summed E-state index contributed by atoms with van der Waals surface area (Å²) >= 11 is 0. The Morgan fingerprint density at radius 1 is 1.03 bits per heavy atom. The summed E-state index contributed by atoms with van der Waals surface area (Å²) in [6, 6.07) is 11.7. The first-order chi connectivity index (χ1) is 14.7. The van der Waals surface area contributed by atoms with Crippen molar-refractivity contribution >= 4 is 11.6 Å². The largest absolute Gasteiger partial charge is 0.450 e. The number of fused-ring (bicyclic) bond motifs is 1. The van der Waals surface area contributed by atoms with Crippen molar-refractivity contribution in [3.8, 4) is 22.5 Å². The Morgan fingerprint density at radius 2 is 1.83 bits per heavy atom. The molecule has 3 heterocycles. The molecule has 1 aliphatic carbocycles. The maximum atomic E-state index is 13.0. The van der Waals surface area contributed by atoms with E-state index in [4.69, 9.17) is 4.42 Å². The summed E-state index contributed by atoms with van der Waals surface area (Å²) in [4.78, 5) is 19.0. The van der Waals surface area contributed by atoms with Gasteiger partial charge in [-0.05, 0) is 42.2 Å². The number of nitrogens with one attached hydrogen (secondary N) is 1. The van der Waals surface area contributed by atoms with Gasteiger partial charge < -0.3 is 19.8 Å². The number of hydrogen-bond donors (Lipinski definition) is 2. The highest BCUT2D eigenvalue weighted by atomic mass is 16.4. The number of amides is 1. The van der Waals surface area contributed by atoms with Crippen LogP contribution in [0, 0.1) is 0 Å². The van der Waals surface area contributed by atoms with E-state index in [-0.39, 0.29) is 5.91 Å². The van der Waals surface area contributed by atoms with Gasteiger partial charge >= 0.3 is 0 Å². The van der Waals surface area contributed by atoms with Crippen molar-refractivity contribution in [2.75, 3.05) is 26.2 Å². The van der Waals surface area contributed by atoms with Crippen molar-refractivity contribution < 1.29 is 14.4 Å². The van der Waals surface area contributed by atoms with Crippen LogP contribution in [0.25, 0.3) is 22.5 Å². The summed E-state index contributed by atoms with van der Waals surface area (Å²) in [6.45, 7) is 2.91. The predicted molar refractivity (Wildman–Crippen MR) is 113 cm³/mol. The highest BCUT2D eigenvalue weighted by Crippen LogP contribution is 2.37. The molecule has 1 aliphatic heterocycles. The van der Waals surface area contributed by atoms with Gasteiger partial charge in [0.05, 0.1) is 5.71 Å². The fourth-order valence-electron chi connectivity index (χ4n) is 4.19. The molecule has 0 radical (unpaired) electrons. The van der Waals surface area contributed by atoms with Gasteiger partial charge in [-0.3, -0.25) is 9.78 Å². The third-order valence-corrected chi connectivity index (χ3v) is 5.77. The van der Waals surface area contributed by atoms with Gasteiger partial charge in [-0.25, -0.2) is 0 Å². The maximum Gasteiger partial charge on any atom is 0.289 e. The third kappa shape index (κ3) is 3.27. The zero-order valence-corrected chi connectivity index (χ0v) is 16.5. The second kappa shape index (κ2) is 7.76. The molecular formula is C23H22N4O3. The van der Waals surface area contributed by atoms with Gasteiger partial charge in [0.2, 0.25) is 0 Å². The molecule has 0 unspecified atom stereocenters. The molecule has 0 saturated carbocycles. The lowest BCUT2D eigenvalue weighted by Crippen LogP contribution is -2.46. The van der Waals surface area contributed by atoms with Crippen molar-refractivity contribution in [2.24, 2.45) is 5.16 Å². The second-order valence-corrected chi connectivity index (χ2v) is 7.55. The molecule has 5 rings (SSSR count). The molecule has 152 valence electrons. The maximum absolute atomic E-state index is 13.0. The average molecular weight is 402 g/mol. The van der Waals surface area contributed by atoms with Gasteiger partial charge in [-0.2, -0.15) is 0 Å². The number of pyridine rings is 1. The summed E-state index contributed by atoms with van der Waals surface area (Å²) in [6.07, 6.45) is 4.99. The molecule has 1 aromatic carbocycles. The molecule has 0 bridgehead atoms. The lowest BCUT2D eigenvalue weighted by Gasteiger charge is -2.26. The molecule has 2 N–H and O–H groups in total. The minimum Gasteiger partial charge on any atom is -0.450 e. The molecule has 0 spiro atoms. The van der Waals surface area contributed by atoms with E-state index in [1.165, 1.54) is 0 Å². The van der Waals surface area contributed by atoms with Crippen LogP contribution in [0.2, 0.25) is 0 Å². The van der Waals surface area contributed by atoms with Gasteiger partial charge in [0.25, 0.3) is 5.91 Å². The first kappa shape index (κ1) is 18.6. The van der Waals surface area contributed by atoms with E-state index in [0.717, 1.165) is 53.7 Å². The molecule has 7 heteroatoms. The number of aromatic nitrogens is 1. The van der Waals surface area contributed by atoms with Crippen LogP contribution in [0.15, 0.2) is 58.4 Å². The Bertz CT molecular complexity index is 1110. The van der Waals surface area contributed by atoms with Crippen LogP contribution >= 0.6 is 0 Å². The number of carbonyl (C=O) groups excluding carboxylic acids is 1. The topological polar surface area (TPSA) is 91.0 Å². The molecule has 1 fully saturated rings. The number of carbonyl (C=O) groups is 1. The predicted octanol–water partition coefficient (Wildman–Crippen LogP) is 3.18. The van der Waals surface area contributed by atoms with Gasteiger partial charge in [0.1, 0.15) is 5.76 Å². The van der Waals surface area contributed by atoms with E-state index in [1.54, 1.807) is 12.4 Å². The zero-order chi connectivity index (χ0) is 20.5. The molecular weight excluding hydrogens is 380 g/mol. The fourth-order valence-corrected chi connectivity index (χ4v) is 4.19. The van der Waals surface area contributed by atoms with Crippen molar-refractivity contribution in [1.82, 2.24) is 15.2 Å². The Balaban J connectivity index is 1.58. The SMILES string of the molecule is O=C(c1cc(-c2ccc3c(c2)CC/C3=N\O)c(-c2ccncc2)o1)N1CCNCC1. The summed E-state index contributed by atoms with van der Waals surface area (Å²) < 4.78 is 6.13. The summed E-state index contributed by atoms with van der Waals surface area (Å²) in [5.41, 5.74) is 5.55. The Hall–Kier alpha value is -3.45. The number of piperazine rings is 1. The lowest BCUT2D eigenvalue weighted by atomic mass is 9.98. The Kier molecular flexibility index (Phi) is 4.80. The van der Waals surface area contributed by atoms with Gasteiger partial charge in [0, 0.05) is 55.3 Å². The van der Waals surface area contributed by atoms with Gasteiger partial charge in [-0.1, -0.05) is 23.4 Å². The average Bonchev–Trinajstić information content (AvgIpc) is 3.44. The molecule has 7 nitrogen and oxygen atoms in total. The van der Waals surface area contributed by atoms with Crippen LogP contribution in [0.3, 0.4) is 0 Å². The number of rotatable bonds is 3. The highest BCUT2D eigenvalue weighted by Gasteiger charge is 2.26. The van der Waals surface area contributed by atoms with E-state index in [0.29, 0.717) is 30.3 Å². The standard InChI is InChI=1S/C23H22N4O3/c28-23(27-11-9-25-10-12-27)21-14-19(22(30-21)15-5-7-24-8-6-15)17-1-3-18-16(13-17)2-4-20(18)26-29/h1,3,5-8,13-14,25,29H,2,4,9-12H2/b26-20+. The number of furan rings is 1. The third-order valence-electron chi connectivity index (χ3n) is 5.77. The zero-order valence-electron chi connectivity index (χ0n) is 16.5. The summed E-state index contributed by atoms with van der Waals surface area (Å²) in [5, 5.41) is 15.9. The molecule has 0 atom stereocenters. The van der Waals surface area contributed by atoms with E-state index in [1.807, 2.05) is 35.2 Å². The molecule has 2 aliphatic rings. The van der Waals surface area contributed by atoms with Gasteiger partial charge in [-0.15, -0.1) is 0 Å². The van der Waals surface area contributed by atoms with Crippen LogP contribution in [0.5, 0.6) is 0 Å². The summed E-state index contributed by atoms with van der Waals surface area (Å²) in [5.74, 6) is 0.913. The number of hydrogen-bond acceptors (Lipinski definition) is 6. The number of benzene rings is 1. The Morgan fingerprint density at radius 3 is 2.60 bits per heavy atom. The van der Waals surface area contributed by atoms with Crippen LogP contribution in [0.4, 0.5) is 0 Å². The number of aryl methyl sites for hydroxylation is 1. The van der Waals surface area contributed by atoms with Crippen molar-refractivity contribution in [2.45, 2.75) is 12.8 Å². The normalized spacial score (nSPS) is 17.3. The smallest absolute Gasteiger partial charge is 0.289 e. The highest BCUT2D eigenvalue weighted by molar-refractivity contribution is 6.05. The van der Waals surface area contributed by atoms with Gasteiger partial charge in [0.15, 0.2) is 5.76 Å². The number of nitrogens with zero attached hydrogens (tertiary/aromatic N) is 3. The van der Waals surface area contributed by atoms with E-state index >= 15 is 0 Å². The van der Waals surface area contributed by atoms with Crippen molar-refractivity contribution in [3.05, 3.63) is 65.7 Å². The minimum absolute atomic E-state index is 0.0890. The minimum atomic E-state index is -0.0890. The van der Waals surface area contributed by atoms with E-state index < -0.39 is 0 Å². The molecule has 1 saturated heterocycles. The lowest BCUT2D eigenvalue weighted by molar-refractivity contribution is 0.0704. The molecule has 1 amide bonds. The van der Waals surface area contributed by atoms with Crippen molar-refractivity contribution in [1.29, 1.82) is 0 Å². The van der Waals surface area contributed by atoms with E-state index in [2.05, 4.69) is 21.5 Å². The van der Waals surface area contributed by atoms with Crippen LogP contribution < -0.4 is 5.32 Å². The molecule has 3 aromatic rings. The molecule has 30 heavy (non-hydrogen) atoms. The van der Waals surface area contributed by atoms with Crippen molar-refractivity contribution in [3.63, 3.8) is 0 Å². The van der Waals surface area contributed by atoms with Crippen LogP contribution in [0.1, 0.15) is 28.1 Å². The Labute approximate surface area is 174 Å². The van der Waals surface area contributed by atoms with E-state index in [9.17, 15) is 10.0 Å². The fraction of sp³-hybridized carbons (Fsp3) is 0.261. The van der Waals surface area contributed by atoms with Crippen LogP contribution in [-0.2, 0) is 6.42 Å². The first-order valence-corrected chi connectivity index (χ1v) is 10.1. The molecule has 2 aromatic heterocycles. The van der Waals surface area contributed by atoms with Crippen LogP contribution in [-0.4, -0.2) is 52.9 Å². The second-order valence-electron chi connectivity index (χ2n) is 7.55. The quantitative estimate of drug-likeness (QED) is 0.519. The first-order valence-electron chi connectivity index (χ1n) is 10.1. The summed E-state index contributed by atoms with van der Waals surface area (Å²) in [7, 11) is 0. The number of oxime groups is 1.